The molecule has 0 radical (unpaired) electrons. The zero-order valence-corrected chi connectivity index (χ0v) is 14.5. The molecule has 0 fully saturated rings. The van der Waals surface area contributed by atoms with Crippen molar-refractivity contribution >= 4 is 6.03 Å². The number of ether oxygens (including phenoxy) is 1. The molecule has 24 heavy (non-hydrogen) atoms. The zero-order valence-electron chi connectivity index (χ0n) is 14.5. The van der Waals surface area contributed by atoms with Crippen molar-refractivity contribution in [2.45, 2.75) is 32.9 Å². The molecule has 2 rings (SSSR count). The summed E-state index contributed by atoms with van der Waals surface area (Å²) < 4.78 is 5.60. The van der Waals surface area contributed by atoms with Crippen LogP contribution in [-0.4, -0.2) is 29.6 Å². The fraction of sp³-hybridized carbons (Fsp3) is 0.368. The topological polar surface area (TPSA) is 54.5 Å². The first-order chi connectivity index (χ1) is 11.7. The van der Waals surface area contributed by atoms with Gasteiger partial charge in [0.25, 0.3) is 0 Å². The minimum Gasteiger partial charge on any atom is -0.494 e. The summed E-state index contributed by atoms with van der Waals surface area (Å²) in [5.41, 5.74) is 2.05. The lowest BCUT2D eigenvalue weighted by atomic mass is 10.1. The summed E-state index contributed by atoms with van der Waals surface area (Å²) in [5.74, 6) is 0.809. The molecule has 0 saturated carbocycles. The van der Waals surface area contributed by atoms with E-state index in [0.29, 0.717) is 13.2 Å². The molecule has 0 aliphatic heterocycles. The largest absolute Gasteiger partial charge is 0.494 e. The molecule has 1 heterocycles. The second-order valence-corrected chi connectivity index (χ2v) is 5.51. The van der Waals surface area contributed by atoms with E-state index in [4.69, 9.17) is 4.74 Å². The fourth-order valence-electron chi connectivity index (χ4n) is 2.70. The van der Waals surface area contributed by atoms with Gasteiger partial charge >= 0.3 is 6.03 Å². The number of para-hydroxylation sites is 1. The van der Waals surface area contributed by atoms with E-state index in [1.165, 1.54) is 0 Å². The highest BCUT2D eigenvalue weighted by atomic mass is 16.5. The van der Waals surface area contributed by atoms with Crippen LogP contribution in [0.5, 0.6) is 5.75 Å². The van der Waals surface area contributed by atoms with Gasteiger partial charge in [0, 0.05) is 31.5 Å². The van der Waals surface area contributed by atoms with Crippen molar-refractivity contribution in [2.24, 2.45) is 0 Å². The van der Waals surface area contributed by atoms with E-state index in [1.54, 1.807) is 17.3 Å². The first kappa shape index (κ1) is 17.8. The van der Waals surface area contributed by atoms with Crippen LogP contribution in [0.1, 0.15) is 37.4 Å². The molecule has 5 heteroatoms. The summed E-state index contributed by atoms with van der Waals surface area (Å²) in [6.45, 7) is 5.06. The Morgan fingerprint density at radius 1 is 1.21 bits per heavy atom. The van der Waals surface area contributed by atoms with Crippen molar-refractivity contribution in [3.63, 3.8) is 0 Å². The number of carbonyl (C=O) groups excluding carboxylic acids is 1. The molecule has 128 valence electrons. The number of urea groups is 1. The van der Waals surface area contributed by atoms with Crippen LogP contribution >= 0.6 is 0 Å². The first-order valence-electron chi connectivity index (χ1n) is 8.28. The van der Waals surface area contributed by atoms with Gasteiger partial charge in [0.15, 0.2) is 0 Å². The number of aromatic nitrogens is 1. The molecule has 5 nitrogen and oxygen atoms in total. The maximum atomic E-state index is 12.5. The van der Waals surface area contributed by atoms with Gasteiger partial charge in [-0.2, -0.15) is 0 Å². The Morgan fingerprint density at radius 2 is 1.92 bits per heavy atom. The van der Waals surface area contributed by atoms with E-state index in [0.717, 1.165) is 23.3 Å². The normalized spacial score (nSPS) is 11.6. The third-order valence-electron chi connectivity index (χ3n) is 3.97. The Balaban J connectivity index is 2.01. The highest BCUT2D eigenvalue weighted by Crippen LogP contribution is 2.22. The molecular formula is C19H25N3O2. The number of rotatable bonds is 7. The van der Waals surface area contributed by atoms with Crippen LogP contribution in [0.2, 0.25) is 0 Å². The van der Waals surface area contributed by atoms with Gasteiger partial charge in [0.1, 0.15) is 5.75 Å². The van der Waals surface area contributed by atoms with Gasteiger partial charge in [-0.1, -0.05) is 25.1 Å². The Morgan fingerprint density at radius 3 is 2.58 bits per heavy atom. The number of hydrogen-bond donors (Lipinski definition) is 1. The number of amides is 2. The molecular weight excluding hydrogens is 302 g/mol. The first-order valence-corrected chi connectivity index (χ1v) is 8.28. The Kier molecular flexibility index (Phi) is 6.61. The van der Waals surface area contributed by atoms with Crippen LogP contribution in [0.3, 0.4) is 0 Å². The van der Waals surface area contributed by atoms with Crippen molar-refractivity contribution in [1.82, 2.24) is 15.2 Å². The number of nitrogens with one attached hydrogen (secondary N) is 1. The fourth-order valence-corrected chi connectivity index (χ4v) is 2.70. The summed E-state index contributed by atoms with van der Waals surface area (Å²) in [6.07, 6.45) is 4.34. The average Bonchev–Trinajstić information content (AvgIpc) is 2.62. The molecule has 0 bridgehead atoms. The molecule has 1 aromatic heterocycles. The lowest BCUT2D eigenvalue weighted by molar-refractivity contribution is 0.188. The van der Waals surface area contributed by atoms with E-state index >= 15 is 0 Å². The van der Waals surface area contributed by atoms with Crippen molar-refractivity contribution in [1.29, 1.82) is 0 Å². The van der Waals surface area contributed by atoms with Gasteiger partial charge in [-0.05, 0) is 37.1 Å². The summed E-state index contributed by atoms with van der Waals surface area (Å²) in [7, 11) is 1.82. The predicted octanol–water partition coefficient (Wildman–Crippen LogP) is 3.77. The highest BCUT2D eigenvalue weighted by molar-refractivity contribution is 5.74. The molecule has 0 spiro atoms. The van der Waals surface area contributed by atoms with Crippen molar-refractivity contribution in [2.75, 3.05) is 13.7 Å². The maximum Gasteiger partial charge on any atom is 0.317 e. The molecule has 2 amide bonds. The summed E-state index contributed by atoms with van der Waals surface area (Å²) in [6, 6.07) is 11.6. The van der Waals surface area contributed by atoms with Gasteiger partial charge in [-0.25, -0.2) is 4.79 Å². The average molecular weight is 327 g/mol. The zero-order chi connectivity index (χ0) is 17.4. The number of pyridine rings is 1. The third-order valence-corrected chi connectivity index (χ3v) is 3.97. The van der Waals surface area contributed by atoms with Crippen LogP contribution in [0, 0.1) is 0 Å². The van der Waals surface area contributed by atoms with Crippen LogP contribution in [-0.2, 0) is 6.54 Å². The van der Waals surface area contributed by atoms with E-state index < -0.39 is 0 Å². The van der Waals surface area contributed by atoms with Gasteiger partial charge in [0.05, 0.1) is 12.6 Å². The van der Waals surface area contributed by atoms with Gasteiger partial charge < -0.3 is 15.0 Å². The van der Waals surface area contributed by atoms with Crippen molar-refractivity contribution in [3.8, 4) is 5.75 Å². The maximum absolute atomic E-state index is 12.5. The highest BCUT2D eigenvalue weighted by Gasteiger charge is 2.20. The summed E-state index contributed by atoms with van der Waals surface area (Å²) >= 11 is 0. The number of carbonyl (C=O) groups is 1. The van der Waals surface area contributed by atoms with E-state index in [1.807, 2.05) is 50.4 Å². The molecule has 0 unspecified atom stereocenters. The second-order valence-electron chi connectivity index (χ2n) is 5.51. The molecule has 1 atom stereocenters. The lowest BCUT2D eigenvalue weighted by Gasteiger charge is -2.28. The number of benzene rings is 1. The minimum atomic E-state index is -0.107. The smallest absolute Gasteiger partial charge is 0.317 e. The monoisotopic (exact) mass is 327 g/mol. The lowest BCUT2D eigenvalue weighted by Crippen LogP contribution is -2.39. The van der Waals surface area contributed by atoms with Gasteiger partial charge in [0.2, 0.25) is 0 Å². The van der Waals surface area contributed by atoms with Crippen LogP contribution in [0.25, 0.3) is 0 Å². The Hall–Kier alpha value is -2.56. The van der Waals surface area contributed by atoms with Gasteiger partial charge in [-0.15, -0.1) is 0 Å². The molecule has 1 aromatic carbocycles. The SMILES string of the molecule is CCOc1ccccc1CNC(=O)N(C)[C@H](CC)c1ccncc1. The molecule has 1 N–H and O–H groups in total. The van der Waals surface area contributed by atoms with E-state index in [2.05, 4.69) is 17.2 Å². The Labute approximate surface area is 143 Å². The molecule has 0 aliphatic rings. The minimum absolute atomic E-state index is 0.0233. The van der Waals surface area contributed by atoms with E-state index in [-0.39, 0.29) is 12.1 Å². The standard InChI is InChI=1S/C19H25N3O2/c1-4-17(15-10-12-20-13-11-15)22(3)19(23)21-14-16-8-6-7-9-18(16)24-5-2/h6-13,17H,4-5,14H2,1-3H3,(H,21,23)/t17-/m1/s1. The molecule has 0 aliphatic carbocycles. The number of nitrogens with zero attached hydrogens (tertiary/aromatic N) is 2. The van der Waals surface area contributed by atoms with Gasteiger partial charge in [-0.3, -0.25) is 4.98 Å². The summed E-state index contributed by atoms with van der Waals surface area (Å²) in [4.78, 5) is 18.3. The molecule has 0 saturated heterocycles. The second kappa shape index (κ2) is 8.91. The predicted molar refractivity (Wildman–Crippen MR) is 94.9 cm³/mol. The number of hydrogen-bond acceptors (Lipinski definition) is 3. The van der Waals surface area contributed by atoms with Crippen molar-refractivity contribution < 1.29 is 9.53 Å². The summed E-state index contributed by atoms with van der Waals surface area (Å²) in [5, 5.41) is 2.97. The van der Waals surface area contributed by atoms with Crippen LogP contribution in [0.15, 0.2) is 48.8 Å². The van der Waals surface area contributed by atoms with Crippen LogP contribution < -0.4 is 10.1 Å². The Bertz CT molecular complexity index is 646. The van der Waals surface area contributed by atoms with E-state index in [9.17, 15) is 4.79 Å². The van der Waals surface area contributed by atoms with Crippen LogP contribution in [0.4, 0.5) is 4.79 Å². The van der Waals surface area contributed by atoms with Crippen molar-refractivity contribution in [3.05, 3.63) is 59.9 Å². The molecule has 2 aromatic rings. The quantitative estimate of drug-likeness (QED) is 0.842. The third kappa shape index (κ3) is 4.47.